The molecule has 0 aliphatic carbocycles. The van der Waals surface area contributed by atoms with Crippen LogP contribution in [0, 0.1) is 12.8 Å². The number of amides is 2. The molecule has 1 fully saturated rings. The van der Waals surface area contributed by atoms with Crippen LogP contribution in [0.5, 0.6) is 5.75 Å². The minimum absolute atomic E-state index is 0.0438. The van der Waals surface area contributed by atoms with Gasteiger partial charge in [-0.15, -0.1) is 0 Å². The molecule has 32 heavy (non-hydrogen) atoms. The molecular formula is C28H32N2O2. The molecule has 0 bridgehead atoms. The van der Waals surface area contributed by atoms with Crippen LogP contribution in [0.4, 0.5) is 10.5 Å². The van der Waals surface area contributed by atoms with E-state index in [0.717, 1.165) is 23.4 Å². The van der Waals surface area contributed by atoms with Crippen molar-refractivity contribution < 1.29 is 9.53 Å². The molecule has 0 saturated carbocycles. The Morgan fingerprint density at radius 2 is 1.53 bits per heavy atom. The number of carbonyl (C=O) groups excluding carboxylic acids is 1. The van der Waals surface area contributed by atoms with Crippen LogP contribution in [0.15, 0.2) is 78.9 Å². The molecule has 166 valence electrons. The van der Waals surface area contributed by atoms with E-state index < -0.39 is 0 Å². The number of carbonyl (C=O) groups is 1. The number of urea groups is 1. The van der Waals surface area contributed by atoms with Crippen LogP contribution in [0.2, 0.25) is 0 Å². The average Bonchev–Trinajstić information content (AvgIpc) is 3.07. The molecule has 2 atom stereocenters. The largest absolute Gasteiger partial charge is 0.497 e. The number of methoxy groups -OCH3 is 1. The van der Waals surface area contributed by atoms with Crippen LogP contribution < -0.4 is 9.64 Å². The summed E-state index contributed by atoms with van der Waals surface area (Å²) < 4.78 is 5.34. The molecule has 0 N–H and O–H groups in total. The Kier molecular flexibility index (Phi) is 6.50. The molecule has 4 rings (SSSR count). The van der Waals surface area contributed by atoms with Crippen LogP contribution in [0.25, 0.3) is 0 Å². The summed E-state index contributed by atoms with van der Waals surface area (Å²) >= 11 is 0. The monoisotopic (exact) mass is 428 g/mol. The summed E-state index contributed by atoms with van der Waals surface area (Å²) in [6.45, 7) is 7.15. The number of nitrogens with zero attached hydrogens (tertiary/aromatic N) is 2. The smallest absolute Gasteiger partial charge is 0.325 e. The van der Waals surface area contributed by atoms with Gasteiger partial charge in [0.2, 0.25) is 0 Å². The number of ether oxygens (including phenoxy) is 1. The number of anilines is 1. The summed E-state index contributed by atoms with van der Waals surface area (Å²) in [6.07, 6.45) is 0.812. The first kappa shape index (κ1) is 21.9. The highest BCUT2D eigenvalue weighted by atomic mass is 16.5. The number of hydrogen-bond acceptors (Lipinski definition) is 2. The predicted octanol–water partition coefficient (Wildman–Crippen LogP) is 6.08. The van der Waals surface area contributed by atoms with Crippen LogP contribution >= 0.6 is 0 Å². The molecule has 1 heterocycles. The second-order valence-corrected chi connectivity index (χ2v) is 8.96. The number of rotatable bonds is 7. The zero-order valence-electron chi connectivity index (χ0n) is 19.4. The summed E-state index contributed by atoms with van der Waals surface area (Å²) in [5, 5.41) is 0. The van der Waals surface area contributed by atoms with Gasteiger partial charge in [-0.3, -0.25) is 4.90 Å². The van der Waals surface area contributed by atoms with E-state index in [1.807, 2.05) is 47.4 Å². The zero-order valence-corrected chi connectivity index (χ0v) is 19.4. The summed E-state index contributed by atoms with van der Waals surface area (Å²) in [4.78, 5) is 17.9. The lowest BCUT2D eigenvalue weighted by atomic mass is 9.90. The van der Waals surface area contributed by atoms with Gasteiger partial charge in [-0.2, -0.15) is 0 Å². The van der Waals surface area contributed by atoms with Gasteiger partial charge in [0.25, 0.3) is 0 Å². The second kappa shape index (κ2) is 9.47. The van der Waals surface area contributed by atoms with Crippen molar-refractivity contribution in [3.63, 3.8) is 0 Å². The second-order valence-electron chi connectivity index (χ2n) is 8.96. The van der Waals surface area contributed by atoms with Crippen molar-refractivity contribution >= 4 is 11.7 Å². The molecule has 1 aliphatic rings. The van der Waals surface area contributed by atoms with Crippen molar-refractivity contribution in [3.05, 3.63) is 95.6 Å². The van der Waals surface area contributed by atoms with Gasteiger partial charge >= 0.3 is 6.03 Å². The lowest BCUT2D eigenvalue weighted by Gasteiger charge is -2.31. The third-order valence-electron chi connectivity index (χ3n) is 6.33. The zero-order chi connectivity index (χ0) is 22.7. The van der Waals surface area contributed by atoms with E-state index in [9.17, 15) is 4.79 Å². The molecule has 2 amide bonds. The van der Waals surface area contributed by atoms with Gasteiger partial charge in [0.1, 0.15) is 5.75 Å². The van der Waals surface area contributed by atoms with Crippen molar-refractivity contribution in [2.24, 2.45) is 5.92 Å². The van der Waals surface area contributed by atoms with E-state index in [2.05, 4.69) is 62.1 Å². The summed E-state index contributed by atoms with van der Waals surface area (Å²) in [6, 6.07) is 27.0. The van der Waals surface area contributed by atoms with E-state index >= 15 is 0 Å². The Morgan fingerprint density at radius 1 is 0.875 bits per heavy atom. The molecule has 0 aromatic heterocycles. The average molecular weight is 429 g/mol. The Labute approximate surface area is 191 Å². The van der Waals surface area contributed by atoms with Crippen LogP contribution in [-0.2, 0) is 13.0 Å². The van der Waals surface area contributed by atoms with Crippen molar-refractivity contribution in [1.29, 1.82) is 0 Å². The van der Waals surface area contributed by atoms with Gasteiger partial charge in [0.05, 0.1) is 19.2 Å². The van der Waals surface area contributed by atoms with Gasteiger partial charge in [-0.25, -0.2) is 4.79 Å². The van der Waals surface area contributed by atoms with E-state index in [4.69, 9.17) is 4.74 Å². The van der Waals surface area contributed by atoms with Crippen molar-refractivity contribution in [2.75, 3.05) is 12.0 Å². The highest BCUT2D eigenvalue weighted by Crippen LogP contribution is 2.36. The Bertz CT molecular complexity index is 1030. The molecule has 1 saturated heterocycles. The summed E-state index contributed by atoms with van der Waals surface area (Å²) in [7, 11) is 1.66. The first-order valence-corrected chi connectivity index (χ1v) is 11.3. The molecule has 1 aliphatic heterocycles. The van der Waals surface area contributed by atoms with Gasteiger partial charge in [0.15, 0.2) is 0 Å². The molecule has 0 radical (unpaired) electrons. The standard InChI is InChI=1S/C28H32N2O2/c1-20(2)27-26(18-22-12-10-21(3)11-13-22)30(24-14-16-25(32-4)17-15-24)28(31)29(27)19-23-8-6-5-7-9-23/h5-17,20,26-27H,18-19H2,1-4H3/t26-,27-/m1/s1. The Hall–Kier alpha value is -3.27. The number of benzene rings is 3. The first-order valence-electron chi connectivity index (χ1n) is 11.3. The molecule has 0 unspecified atom stereocenters. The third kappa shape index (κ3) is 4.50. The summed E-state index contributed by atoms with van der Waals surface area (Å²) in [5.41, 5.74) is 4.56. The minimum atomic E-state index is 0.0438. The van der Waals surface area contributed by atoms with E-state index in [0.29, 0.717) is 12.5 Å². The van der Waals surface area contributed by atoms with Crippen molar-refractivity contribution in [1.82, 2.24) is 4.90 Å². The van der Waals surface area contributed by atoms with Gasteiger partial charge < -0.3 is 9.64 Å². The van der Waals surface area contributed by atoms with Gasteiger partial charge in [-0.1, -0.05) is 74.0 Å². The van der Waals surface area contributed by atoms with E-state index in [1.165, 1.54) is 11.1 Å². The van der Waals surface area contributed by atoms with Crippen molar-refractivity contribution in [2.45, 2.75) is 45.8 Å². The highest BCUT2D eigenvalue weighted by Gasteiger charge is 2.47. The molecule has 3 aromatic carbocycles. The fraction of sp³-hybridized carbons (Fsp3) is 0.321. The fourth-order valence-electron chi connectivity index (χ4n) is 4.75. The number of hydrogen-bond donors (Lipinski definition) is 0. The number of aryl methyl sites for hydroxylation is 1. The predicted molar refractivity (Wildman–Crippen MR) is 130 cm³/mol. The van der Waals surface area contributed by atoms with Crippen molar-refractivity contribution in [3.8, 4) is 5.75 Å². The van der Waals surface area contributed by atoms with Gasteiger partial charge in [0, 0.05) is 12.2 Å². The maximum absolute atomic E-state index is 13.9. The minimum Gasteiger partial charge on any atom is -0.497 e. The Morgan fingerprint density at radius 3 is 2.12 bits per heavy atom. The molecule has 4 heteroatoms. The molecule has 4 nitrogen and oxygen atoms in total. The normalized spacial score (nSPS) is 18.5. The van der Waals surface area contributed by atoms with E-state index in [1.54, 1.807) is 7.11 Å². The maximum atomic E-state index is 13.9. The highest BCUT2D eigenvalue weighted by molar-refractivity contribution is 5.95. The fourth-order valence-corrected chi connectivity index (χ4v) is 4.75. The molecule has 3 aromatic rings. The Balaban J connectivity index is 1.74. The molecular weight excluding hydrogens is 396 g/mol. The van der Waals surface area contributed by atoms with Gasteiger partial charge in [-0.05, 0) is 54.7 Å². The molecule has 0 spiro atoms. The van der Waals surface area contributed by atoms with E-state index in [-0.39, 0.29) is 18.1 Å². The lowest BCUT2D eigenvalue weighted by molar-refractivity contribution is 0.179. The first-order chi connectivity index (χ1) is 15.5. The maximum Gasteiger partial charge on any atom is 0.325 e. The van der Waals surface area contributed by atoms with Crippen LogP contribution in [-0.4, -0.2) is 30.1 Å². The third-order valence-corrected chi connectivity index (χ3v) is 6.33. The lowest BCUT2D eigenvalue weighted by Crippen LogP contribution is -2.42. The van der Waals surface area contributed by atoms with Crippen LogP contribution in [0.1, 0.15) is 30.5 Å². The summed E-state index contributed by atoms with van der Waals surface area (Å²) in [5.74, 6) is 1.11. The van der Waals surface area contributed by atoms with Crippen LogP contribution in [0.3, 0.4) is 0 Å². The topological polar surface area (TPSA) is 32.8 Å². The SMILES string of the molecule is COc1ccc(N2C(=O)N(Cc3ccccc3)[C@H](C(C)C)[C@H]2Cc2ccc(C)cc2)cc1. The quantitative estimate of drug-likeness (QED) is 0.457.